The summed E-state index contributed by atoms with van der Waals surface area (Å²) in [4.78, 5) is 24.7. The van der Waals surface area contributed by atoms with Crippen molar-refractivity contribution in [2.45, 2.75) is 12.6 Å². The molecule has 0 atom stereocenters. The number of nitrogens with zero attached hydrogens (tertiary/aromatic N) is 2. The van der Waals surface area contributed by atoms with Gasteiger partial charge in [-0.15, -0.1) is 0 Å². The number of alkyl halides is 3. The Kier molecular flexibility index (Phi) is 4.94. The molecule has 5 nitrogen and oxygen atoms in total. The lowest BCUT2D eigenvalue weighted by Gasteiger charge is -2.22. The fourth-order valence-corrected chi connectivity index (χ4v) is 1.76. The molecule has 0 aromatic rings. The van der Waals surface area contributed by atoms with E-state index >= 15 is 0 Å². The van der Waals surface area contributed by atoms with Gasteiger partial charge in [0.15, 0.2) is 0 Å². The smallest absolute Gasteiger partial charge is 0.375 e. The molecule has 18 heavy (non-hydrogen) atoms. The van der Waals surface area contributed by atoms with Crippen LogP contribution in [0.5, 0.6) is 0 Å². The van der Waals surface area contributed by atoms with Gasteiger partial charge in [0.1, 0.15) is 6.61 Å². The fraction of sp³-hybridized carbons (Fsp3) is 0.800. The van der Waals surface area contributed by atoms with Crippen LogP contribution in [0.2, 0.25) is 0 Å². The maximum Gasteiger partial charge on any atom is 0.471 e. The number of hydrogen-bond acceptors (Lipinski definition) is 3. The molecule has 0 saturated carbocycles. The van der Waals surface area contributed by atoms with Crippen molar-refractivity contribution in [1.29, 1.82) is 0 Å². The monoisotopic (exact) mass is 268 g/mol. The van der Waals surface area contributed by atoms with Crippen molar-refractivity contribution in [1.82, 2.24) is 9.80 Å². The molecule has 8 heteroatoms. The molecule has 1 aliphatic rings. The first-order valence-electron chi connectivity index (χ1n) is 5.49. The number of hydrogen-bond donors (Lipinski definition) is 0. The van der Waals surface area contributed by atoms with Crippen LogP contribution in [0.3, 0.4) is 0 Å². The SMILES string of the molecule is COCC(=O)N1CCCN(C(=O)C(F)(F)F)CC1. The molecule has 1 fully saturated rings. The zero-order chi connectivity index (χ0) is 13.8. The van der Waals surface area contributed by atoms with Gasteiger partial charge in [0, 0.05) is 33.3 Å². The Morgan fingerprint density at radius 2 is 1.67 bits per heavy atom. The number of amides is 2. The highest BCUT2D eigenvalue weighted by Gasteiger charge is 2.42. The number of carbonyl (C=O) groups excluding carboxylic acids is 2. The van der Waals surface area contributed by atoms with E-state index in [4.69, 9.17) is 0 Å². The van der Waals surface area contributed by atoms with Crippen molar-refractivity contribution in [2.75, 3.05) is 39.9 Å². The molecule has 104 valence electrons. The van der Waals surface area contributed by atoms with Crippen LogP contribution in [-0.4, -0.2) is 67.7 Å². The maximum absolute atomic E-state index is 12.3. The van der Waals surface area contributed by atoms with Gasteiger partial charge in [-0.3, -0.25) is 9.59 Å². The molecule has 0 aliphatic carbocycles. The summed E-state index contributed by atoms with van der Waals surface area (Å²) in [6.07, 6.45) is -4.52. The zero-order valence-electron chi connectivity index (χ0n) is 10.00. The Morgan fingerprint density at radius 3 is 2.22 bits per heavy atom. The van der Waals surface area contributed by atoms with Crippen LogP contribution in [0.15, 0.2) is 0 Å². The molecular formula is C10H15F3N2O3. The fourth-order valence-electron chi connectivity index (χ4n) is 1.76. The van der Waals surface area contributed by atoms with E-state index in [0.29, 0.717) is 13.0 Å². The lowest BCUT2D eigenvalue weighted by Crippen LogP contribution is -2.43. The minimum atomic E-state index is -4.86. The van der Waals surface area contributed by atoms with Crippen LogP contribution in [0, 0.1) is 0 Å². The van der Waals surface area contributed by atoms with E-state index < -0.39 is 12.1 Å². The van der Waals surface area contributed by atoms with Gasteiger partial charge in [-0.05, 0) is 6.42 Å². The number of rotatable bonds is 2. The lowest BCUT2D eigenvalue weighted by atomic mass is 10.3. The van der Waals surface area contributed by atoms with Crippen molar-refractivity contribution in [3.05, 3.63) is 0 Å². The van der Waals surface area contributed by atoms with Crippen LogP contribution in [0.1, 0.15) is 6.42 Å². The third kappa shape index (κ3) is 3.86. The second kappa shape index (κ2) is 6.03. The molecule has 2 amide bonds. The van der Waals surface area contributed by atoms with E-state index in [-0.39, 0.29) is 32.1 Å². The minimum Gasteiger partial charge on any atom is -0.375 e. The first-order chi connectivity index (χ1) is 8.36. The highest BCUT2D eigenvalue weighted by Crippen LogP contribution is 2.19. The molecule has 0 aromatic carbocycles. The highest BCUT2D eigenvalue weighted by atomic mass is 19.4. The molecule has 0 aromatic heterocycles. The van der Waals surface area contributed by atoms with E-state index in [1.807, 2.05) is 0 Å². The summed E-state index contributed by atoms with van der Waals surface area (Å²) in [5.74, 6) is -2.12. The van der Waals surface area contributed by atoms with Crippen LogP contribution in [0.25, 0.3) is 0 Å². The average Bonchev–Trinajstić information content (AvgIpc) is 2.52. The summed E-state index contributed by atoms with van der Waals surface area (Å²) in [6.45, 7) is 0.240. The van der Waals surface area contributed by atoms with Crippen molar-refractivity contribution in [3.63, 3.8) is 0 Å². The van der Waals surface area contributed by atoms with Gasteiger partial charge >= 0.3 is 12.1 Å². The van der Waals surface area contributed by atoms with E-state index in [2.05, 4.69) is 4.74 Å². The first kappa shape index (κ1) is 14.7. The summed E-state index contributed by atoms with van der Waals surface area (Å²) in [5.41, 5.74) is 0. The van der Waals surface area contributed by atoms with Crippen LogP contribution >= 0.6 is 0 Å². The molecule has 0 spiro atoms. The van der Waals surface area contributed by atoms with E-state index in [9.17, 15) is 22.8 Å². The molecule has 0 unspecified atom stereocenters. The maximum atomic E-state index is 12.3. The zero-order valence-corrected chi connectivity index (χ0v) is 10.00. The Morgan fingerprint density at radius 1 is 1.11 bits per heavy atom. The Hall–Kier alpha value is -1.31. The van der Waals surface area contributed by atoms with Gasteiger partial charge < -0.3 is 14.5 Å². The predicted octanol–water partition coefficient (Wildman–Crippen LogP) is 0.256. The molecule has 1 saturated heterocycles. The van der Waals surface area contributed by atoms with Gasteiger partial charge in [-0.25, -0.2) is 0 Å². The Bertz CT molecular complexity index is 320. The highest BCUT2D eigenvalue weighted by molar-refractivity contribution is 5.82. The Balaban J connectivity index is 2.56. The Labute approximate surface area is 102 Å². The molecule has 1 rings (SSSR count). The third-order valence-corrected chi connectivity index (χ3v) is 2.65. The number of halogens is 3. The topological polar surface area (TPSA) is 49.9 Å². The van der Waals surface area contributed by atoms with Crippen molar-refractivity contribution in [3.8, 4) is 0 Å². The van der Waals surface area contributed by atoms with Gasteiger partial charge in [-0.2, -0.15) is 13.2 Å². The quantitative estimate of drug-likeness (QED) is 0.721. The minimum absolute atomic E-state index is 0.00903. The van der Waals surface area contributed by atoms with Gasteiger partial charge in [0.05, 0.1) is 0 Å². The summed E-state index contributed by atoms with van der Waals surface area (Å²) < 4.78 is 41.4. The lowest BCUT2D eigenvalue weighted by molar-refractivity contribution is -0.185. The molecular weight excluding hydrogens is 253 g/mol. The van der Waals surface area contributed by atoms with E-state index in [0.717, 1.165) is 4.90 Å². The van der Waals surface area contributed by atoms with Gasteiger partial charge in [0.25, 0.3) is 0 Å². The number of carbonyl (C=O) groups is 2. The second-order valence-corrected chi connectivity index (χ2v) is 3.96. The first-order valence-corrected chi connectivity index (χ1v) is 5.49. The van der Waals surface area contributed by atoms with Crippen LogP contribution in [0.4, 0.5) is 13.2 Å². The summed E-state index contributed by atoms with van der Waals surface area (Å²) >= 11 is 0. The molecule has 0 N–H and O–H groups in total. The predicted molar refractivity (Wildman–Crippen MR) is 55.7 cm³/mol. The van der Waals surface area contributed by atoms with Crippen molar-refractivity contribution in [2.24, 2.45) is 0 Å². The second-order valence-electron chi connectivity index (χ2n) is 3.96. The summed E-state index contributed by atoms with van der Waals surface area (Å²) in [7, 11) is 1.37. The largest absolute Gasteiger partial charge is 0.471 e. The van der Waals surface area contributed by atoms with E-state index in [1.54, 1.807) is 0 Å². The van der Waals surface area contributed by atoms with Crippen LogP contribution < -0.4 is 0 Å². The molecule has 0 radical (unpaired) electrons. The molecule has 0 bridgehead atoms. The third-order valence-electron chi connectivity index (χ3n) is 2.65. The number of methoxy groups -OCH3 is 1. The number of ether oxygens (including phenoxy) is 1. The van der Waals surface area contributed by atoms with Crippen molar-refractivity contribution < 1.29 is 27.5 Å². The summed E-state index contributed by atoms with van der Waals surface area (Å²) in [5, 5.41) is 0. The molecule has 1 heterocycles. The molecule has 1 aliphatic heterocycles. The summed E-state index contributed by atoms with van der Waals surface area (Å²) in [6, 6.07) is 0. The van der Waals surface area contributed by atoms with Crippen LogP contribution in [-0.2, 0) is 14.3 Å². The van der Waals surface area contributed by atoms with Gasteiger partial charge in [-0.1, -0.05) is 0 Å². The van der Waals surface area contributed by atoms with E-state index in [1.165, 1.54) is 12.0 Å². The van der Waals surface area contributed by atoms with Crippen molar-refractivity contribution >= 4 is 11.8 Å². The standard InChI is InChI=1S/C10H15F3N2O3/c1-18-7-8(16)14-3-2-4-15(6-5-14)9(17)10(11,12)13/h2-7H2,1H3. The van der Waals surface area contributed by atoms with Gasteiger partial charge in [0.2, 0.25) is 5.91 Å². The average molecular weight is 268 g/mol. The normalized spacial score (nSPS) is 17.6.